The van der Waals surface area contributed by atoms with Gasteiger partial charge in [-0.15, -0.1) is 11.8 Å². The maximum absolute atomic E-state index is 11.4. The molecular weight excluding hydrogens is 286 g/mol. The van der Waals surface area contributed by atoms with Crippen molar-refractivity contribution in [2.75, 3.05) is 36.1 Å². The van der Waals surface area contributed by atoms with Crippen LogP contribution in [-0.4, -0.2) is 43.5 Å². The minimum absolute atomic E-state index is 0.0706. The van der Waals surface area contributed by atoms with Crippen molar-refractivity contribution in [3.8, 4) is 0 Å². The van der Waals surface area contributed by atoms with Gasteiger partial charge >= 0.3 is 0 Å². The maximum Gasteiger partial charge on any atom is 0.234 e. The smallest absolute Gasteiger partial charge is 0.234 e. The van der Waals surface area contributed by atoms with Crippen molar-refractivity contribution in [2.24, 2.45) is 0 Å². The molecule has 0 saturated carbocycles. The Hall–Kier alpha value is -1.24. The lowest BCUT2D eigenvalue weighted by atomic mass is 10.1. The standard InChI is InChI=1S/C15H21N3O2S/c1-10(6-12-8-20-5-4-16-12)17-11-2-3-14-13(7-11)18-15(19)9-21-14/h2-3,7,10,12,16-17H,4-6,8-9H2,1H3,(H,18,19). The molecule has 2 heterocycles. The molecule has 5 nitrogen and oxygen atoms in total. The highest BCUT2D eigenvalue weighted by Crippen LogP contribution is 2.33. The molecule has 3 rings (SSSR count). The van der Waals surface area contributed by atoms with Gasteiger partial charge in [-0.25, -0.2) is 0 Å². The van der Waals surface area contributed by atoms with Gasteiger partial charge in [-0.3, -0.25) is 4.79 Å². The molecule has 0 bridgehead atoms. The number of rotatable bonds is 4. The number of thioether (sulfide) groups is 1. The van der Waals surface area contributed by atoms with Crippen molar-refractivity contribution in [1.82, 2.24) is 5.32 Å². The normalized spacial score (nSPS) is 23.1. The Morgan fingerprint density at radius 1 is 1.52 bits per heavy atom. The molecule has 6 heteroatoms. The van der Waals surface area contributed by atoms with Crippen LogP contribution in [0.2, 0.25) is 0 Å². The Balaban J connectivity index is 1.59. The third kappa shape index (κ3) is 3.90. The van der Waals surface area contributed by atoms with E-state index >= 15 is 0 Å². The van der Waals surface area contributed by atoms with Gasteiger partial charge in [-0.2, -0.15) is 0 Å². The summed E-state index contributed by atoms with van der Waals surface area (Å²) < 4.78 is 5.48. The summed E-state index contributed by atoms with van der Waals surface area (Å²) in [5, 5.41) is 9.89. The lowest BCUT2D eigenvalue weighted by Crippen LogP contribution is -2.43. The van der Waals surface area contributed by atoms with E-state index in [-0.39, 0.29) is 5.91 Å². The fourth-order valence-electron chi connectivity index (χ4n) is 2.71. The minimum atomic E-state index is 0.0706. The van der Waals surface area contributed by atoms with Crippen molar-refractivity contribution < 1.29 is 9.53 Å². The number of carbonyl (C=O) groups excluding carboxylic acids is 1. The number of carbonyl (C=O) groups is 1. The quantitative estimate of drug-likeness (QED) is 0.793. The van der Waals surface area contributed by atoms with Crippen LogP contribution in [0, 0.1) is 0 Å². The van der Waals surface area contributed by atoms with Gasteiger partial charge in [0, 0.05) is 29.2 Å². The molecule has 2 atom stereocenters. The predicted molar refractivity (Wildman–Crippen MR) is 86.1 cm³/mol. The number of hydrogen-bond acceptors (Lipinski definition) is 5. The number of hydrogen-bond donors (Lipinski definition) is 3. The van der Waals surface area contributed by atoms with Crippen molar-refractivity contribution in [3.05, 3.63) is 18.2 Å². The van der Waals surface area contributed by atoms with E-state index < -0.39 is 0 Å². The summed E-state index contributed by atoms with van der Waals surface area (Å²) in [4.78, 5) is 12.6. The zero-order chi connectivity index (χ0) is 14.7. The third-order valence-corrected chi connectivity index (χ3v) is 4.74. The molecule has 1 aromatic rings. The highest BCUT2D eigenvalue weighted by molar-refractivity contribution is 8.00. The number of benzene rings is 1. The molecule has 2 unspecified atom stereocenters. The largest absolute Gasteiger partial charge is 0.382 e. The van der Waals surface area contributed by atoms with Crippen LogP contribution in [0.1, 0.15) is 13.3 Å². The first-order chi connectivity index (χ1) is 10.2. The van der Waals surface area contributed by atoms with Gasteiger partial charge in [0.1, 0.15) is 0 Å². The van der Waals surface area contributed by atoms with Gasteiger partial charge in [0.05, 0.1) is 24.7 Å². The summed E-state index contributed by atoms with van der Waals surface area (Å²) in [5.74, 6) is 0.574. The van der Waals surface area contributed by atoms with Crippen molar-refractivity contribution in [2.45, 2.75) is 30.3 Å². The molecule has 0 aromatic heterocycles. The molecule has 1 aromatic carbocycles. The van der Waals surface area contributed by atoms with Gasteiger partial charge in [-0.1, -0.05) is 0 Å². The first-order valence-electron chi connectivity index (χ1n) is 7.35. The van der Waals surface area contributed by atoms with E-state index in [2.05, 4.69) is 35.0 Å². The Morgan fingerprint density at radius 3 is 3.24 bits per heavy atom. The van der Waals surface area contributed by atoms with Crippen LogP contribution >= 0.6 is 11.8 Å². The van der Waals surface area contributed by atoms with Gasteiger partial charge < -0.3 is 20.7 Å². The number of amides is 1. The second-order valence-electron chi connectivity index (χ2n) is 5.55. The fraction of sp³-hybridized carbons (Fsp3) is 0.533. The van der Waals surface area contributed by atoms with Crippen molar-refractivity contribution >= 4 is 29.0 Å². The zero-order valence-electron chi connectivity index (χ0n) is 12.1. The van der Waals surface area contributed by atoms with E-state index in [1.807, 2.05) is 6.07 Å². The van der Waals surface area contributed by atoms with Crippen LogP contribution in [0.4, 0.5) is 11.4 Å². The van der Waals surface area contributed by atoms with Crippen LogP contribution < -0.4 is 16.0 Å². The van der Waals surface area contributed by atoms with E-state index in [1.54, 1.807) is 11.8 Å². The highest BCUT2D eigenvalue weighted by atomic mass is 32.2. The molecule has 0 aliphatic carbocycles. The van der Waals surface area contributed by atoms with Crippen molar-refractivity contribution in [1.29, 1.82) is 0 Å². The number of nitrogens with one attached hydrogen (secondary N) is 3. The Kier molecular flexibility index (Phi) is 4.67. The monoisotopic (exact) mass is 307 g/mol. The first kappa shape index (κ1) is 14.7. The van der Waals surface area contributed by atoms with Gasteiger partial charge in [0.2, 0.25) is 5.91 Å². The first-order valence-corrected chi connectivity index (χ1v) is 8.33. The number of fused-ring (bicyclic) bond motifs is 1. The molecule has 2 aliphatic heterocycles. The van der Waals surface area contributed by atoms with E-state index in [9.17, 15) is 4.79 Å². The van der Waals surface area contributed by atoms with E-state index in [1.165, 1.54) is 0 Å². The molecule has 0 spiro atoms. The van der Waals surface area contributed by atoms with Crippen LogP contribution in [0.15, 0.2) is 23.1 Å². The topological polar surface area (TPSA) is 62.4 Å². The highest BCUT2D eigenvalue weighted by Gasteiger charge is 2.18. The van der Waals surface area contributed by atoms with Gasteiger partial charge in [-0.05, 0) is 31.5 Å². The summed E-state index contributed by atoms with van der Waals surface area (Å²) >= 11 is 1.59. The molecule has 114 valence electrons. The van der Waals surface area contributed by atoms with Crippen LogP contribution in [0.25, 0.3) is 0 Å². The average molecular weight is 307 g/mol. The predicted octanol–water partition coefficient (Wildman–Crippen LogP) is 1.91. The molecule has 1 amide bonds. The SMILES string of the molecule is CC(CC1COCCN1)Nc1ccc2c(c1)NC(=O)CS2. The number of ether oxygens (including phenoxy) is 1. The summed E-state index contributed by atoms with van der Waals surface area (Å²) in [7, 11) is 0. The second kappa shape index (κ2) is 6.68. The maximum atomic E-state index is 11.4. The zero-order valence-corrected chi connectivity index (χ0v) is 13.0. The summed E-state index contributed by atoms with van der Waals surface area (Å²) in [6.07, 6.45) is 1.01. The number of anilines is 2. The second-order valence-corrected chi connectivity index (χ2v) is 6.57. The third-order valence-electron chi connectivity index (χ3n) is 3.66. The molecule has 21 heavy (non-hydrogen) atoms. The molecular formula is C15H21N3O2S. The van der Waals surface area contributed by atoms with Crippen LogP contribution in [0.5, 0.6) is 0 Å². The summed E-state index contributed by atoms with van der Waals surface area (Å²) in [5.41, 5.74) is 1.95. The van der Waals surface area contributed by atoms with E-state index in [0.717, 1.165) is 42.4 Å². The van der Waals surface area contributed by atoms with Crippen LogP contribution in [-0.2, 0) is 9.53 Å². The summed E-state index contributed by atoms with van der Waals surface area (Å²) in [6.45, 7) is 4.69. The molecule has 2 aliphatic rings. The Bertz CT molecular complexity index is 518. The lowest BCUT2D eigenvalue weighted by Gasteiger charge is -2.27. The van der Waals surface area contributed by atoms with Crippen molar-refractivity contribution in [3.63, 3.8) is 0 Å². The van der Waals surface area contributed by atoms with Crippen LogP contribution in [0.3, 0.4) is 0 Å². The van der Waals surface area contributed by atoms with E-state index in [4.69, 9.17) is 4.74 Å². The molecule has 0 radical (unpaired) electrons. The minimum Gasteiger partial charge on any atom is -0.382 e. The number of morpholine rings is 1. The fourth-order valence-corrected chi connectivity index (χ4v) is 3.50. The lowest BCUT2D eigenvalue weighted by molar-refractivity contribution is -0.113. The Morgan fingerprint density at radius 2 is 2.43 bits per heavy atom. The Labute approximate surface area is 129 Å². The van der Waals surface area contributed by atoms with Gasteiger partial charge in [0.25, 0.3) is 0 Å². The molecule has 1 saturated heterocycles. The molecule has 1 fully saturated rings. The molecule has 3 N–H and O–H groups in total. The van der Waals surface area contributed by atoms with E-state index in [0.29, 0.717) is 17.8 Å². The van der Waals surface area contributed by atoms with Gasteiger partial charge in [0.15, 0.2) is 0 Å². The average Bonchev–Trinajstić information content (AvgIpc) is 2.47. The summed E-state index contributed by atoms with van der Waals surface area (Å²) in [6, 6.07) is 6.91.